The minimum atomic E-state index is -5.13. The number of hydrogen-bond donors (Lipinski definition) is 3. The van der Waals surface area contributed by atoms with Crippen LogP contribution in [0.15, 0.2) is 280 Å². The number of sulfone groups is 1. The second kappa shape index (κ2) is 42.8. The van der Waals surface area contributed by atoms with E-state index in [-0.39, 0.29) is 62.8 Å². The Morgan fingerprint density at radius 1 is 0.358 bits per heavy atom. The third-order valence-corrected chi connectivity index (χ3v) is 30.1. The molecule has 4 heterocycles. The zero-order chi connectivity index (χ0) is 96.4. The van der Waals surface area contributed by atoms with E-state index < -0.39 is 115 Å². The van der Waals surface area contributed by atoms with E-state index in [1.54, 1.807) is 0 Å². The molecule has 3 N–H and O–H groups in total. The van der Waals surface area contributed by atoms with E-state index in [4.69, 9.17) is 27.9 Å². The maximum atomic E-state index is 13.6. The van der Waals surface area contributed by atoms with Crippen LogP contribution in [-0.4, -0.2) is 142 Å². The number of benzene rings is 11. The van der Waals surface area contributed by atoms with Crippen LogP contribution in [-0.2, 0) is 90.5 Å². The molecule has 11 aromatic rings. The summed E-state index contributed by atoms with van der Waals surface area (Å²) in [6.07, 6.45) is -15.0. The predicted octanol–water partition coefficient (Wildman–Crippen LogP) is 21.9. The standard InChI is InChI=1S/C26H26ClF2NO2S.C25H22F6N2O2S.C25H25F3N2O3S.C21H22ClF3N2O3S/c1-26(28,29)23-3-2-4-25(15-23)33(31,32)18-20-13-14-30(17-20)16-19-5-7-21(8-6-19)22-9-11-24(27)12-10-22;26-24(27,28)20-12-21(25(29,30)31)14-23(13-20)36(34,35)32-22-10-11-33(16-22)15-17-6-8-19(9-7-17)18-4-2-1-3-5-18;1-18-5-9-20(10-6-18)21-11-7-19(8-12-21)16-30-14-13-22(17-30)29-34(31,32)24-4-2-3-23(15-24)33-25(26,27)28;22-19-8-3-15(21(23,24)25)11-20(19)31(28,29)26-16-9-10-27(13-16)12-14-1-4-17(5-2-14)30-18-6-7-18/h2-12,15,20H,13-14,16-18H2,1H3;1-9,12-14,22,32H,10-11,15-16H2;2-12,15,22,29H,13-14,16-17H2,1H3;1-5,8,11,16,18,26H,6-7,9-10,12-13H2/t20-;2*22-;16-/m1111/s1. The van der Waals surface area contributed by atoms with Gasteiger partial charge in [0.2, 0.25) is 30.1 Å². The summed E-state index contributed by atoms with van der Waals surface area (Å²) in [6.45, 7) is 10.0. The van der Waals surface area contributed by atoms with Gasteiger partial charge in [0.25, 0.3) is 5.92 Å². The van der Waals surface area contributed by atoms with Crippen molar-refractivity contribution < 1.29 is 105 Å². The molecule has 4 atom stereocenters. The number of ether oxygens (including phenoxy) is 2. The van der Waals surface area contributed by atoms with Gasteiger partial charge in [0.15, 0.2) is 9.84 Å². The maximum absolute atomic E-state index is 13.6. The topological polar surface area (TPSA) is 204 Å². The molecule has 16 rings (SSSR count). The number of nitrogens with one attached hydrogen (secondary N) is 3. The molecule has 1 saturated carbocycles. The molecule has 0 amide bonds. The molecule has 17 nitrogen and oxygen atoms in total. The lowest BCUT2D eigenvalue weighted by Gasteiger charge is -2.18. The Hall–Kier alpha value is -9.86. The average molecular weight is 1980 g/mol. The van der Waals surface area contributed by atoms with Crippen molar-refractivity contribution >= 4 is 63.1 Å². The number of sulfonamides is 3. The Balaban J connectivity index is 0.000000152. The molecule has 1 aliphatic carbocycles. The number of rotatable bonds is 27. The SMILES string of the molecule is CC(F)(F)c1cccc(S(=O)(=O)C[C@@H]2CCN(Cc3ccc(-c4ccc(Cl)cc4)cc3)C2)c1.Cc1ccc(-c2ccc(CN3CC[C@@H](NS(=O)(=O)c4cccc(OC(F)(F)F)c4)C3)cc2)cc1.O=S(=O)(N[C@@H]1CCN(Cc2ccc(-c3ccccc3)cc2)C1)c1cc(C(F)(F)F)cc(C(F)(F)F)c1.O=S(=O)(N[C@@H]1CCN(Cc2ccc(OC3CC3)cc2)C1)c1cc(C(F)(F)F)ccc1Cl. The molecule has 0 unspecified atom stereocenters. The van der Waals surface area contributed by atoms with E-state index in [1.165, 1.54) is 35.9 Å². The molecular formula is C97H95Cl2F14N7O10S4. The number of alkyl halides is 14. The van der Waals surface area contributed by atoms with Gasteiger partial charge in [0, 0.05) is 114 Å². The Morgan fingerprint density at radius 2 is 0.754 bits per heavy atom. The fraction of sp³-hybridized carbons (Fsp3) is 0.320. The van der Waals surface area contributed by atoms with Gasteiger partial charge < -0.3 is 9.47 Å². The lowest BCUT2D eigenvalue weighted by atomic mass is 10.0. The van der Waals surface area contributed by atoms with Crippen LogP contribution in [0.4, 0.5) is 61.5 Å². The van der Waals surface area contributed by atoms with Gasteiger partial charge in [0.05, 0.1) is 48.3 Å². The molecule has 0 bridgehead atoms. The van der Waals surface area contributed by atoms with Crippen LogP contribution in [0.2, 0.25) is 10.0 Å². The highest BCUT2D eigenvalue weighted by atomic mass is 35.5. The van der Waals surface area contributed by atoms with Crippen LogP contribution < -0.4 is 23.6 Å². The third kappa shape index (κ3) is 29.3. The Morgan fingerprint density at radius 3 is 1.20 bits per heavy atom. The molecule has 4 saturated heterocycles. The second-order valence-electron chi connectivity index (χ2n) is 33.8. The molecular weight excluding hydrogens is 1890 g/mol. The summed E-state index contributed by atoms with van der Waals surface area (Å²) < 4.78 is 301. The smallest absolute Gasteiger partial charge is 0.490 e. The normalized spacial score (nSPS) is 18.0. The van der Waals surface area contributed by atoms with Crippen molar-refractivity contribution in [3.8, 4) is 44.9 Å². The van der Waals surface area contributed by atoms with E-state index in [0.29, 0.717) is 95.4 Å². The molecule has 134 heavy (non-hydrogen) atoms. The molecule has 37 heteroatoms. The highest BCUT2D eigenvalue weighted by molar-refractivity contribution is 7.91. The fourth-order valence-corrected chi connectivity index (χ4v) is 22.2. The summed E-state index contributed by atoms with van der Waals surface area (Å²) in [5, 5.41) is 0.459. The van der Waals surface area contributed by atoms with Gasteiger partial charge in [-0.3, -0.25) is 19.6 Å². The second-order valence-corrected chi connectivity index (χ2v) is 41.8. The van der Waals surface area contributed by atoms with Crippen LogP contribution in [0.5, 0.6) is 11.5 Å². The predicted molar refractivity (Wildman–Crippen MR) is 485 cm³/mol. The summed E-state index contributed by atoms with van der Waals surface area (Å²) >= 11 is 11.9. The van der Waals surface area contributed by atoms with Crippen LogP contribution in [0, 0.1) is 12.8 Å². The third-order valence-electron chi connectivity index (χ3n) is 23.0. The number of aryl methyl sites for hydroxylation is 1. The monoisotopic (exact) mass is 1980 g/mol. The van der Waals surface area contributed by atoms with E-state index in [1.807, 2.05) is 108 Å². The van der Waals surface area contributed by atoms with Crippen molar-refractivity contribution in [1.82, 2.24) is 33.8 Å². The maximum Gasteiger partial charge on any atom is 0.573 e. The number of nitrogens with zero attached hydrogens (tertiary/aromatic N) is 4. The van der Waals surface area contributed by atoms with Crippen LogP contribution in [0.3, 0.4) is 0 Å². The van der Waals surface area contributed by atoms with E-state index in [2.05, 4.69) is 113 Å². The molecule has 714 valence electrons. The largest absolute Gasteiger partial charge is 0.573 e. The number of hydrogen-bond acceptors (Lipinski definition) is 14. The van der Waals surface area contributed by atoms with Gasteiger partial charge >= 0.3 is 24.9 Å². The van der Waals surface area contributed by atoms with Crippen molar-refractivity contribution in [2.45, 2.75) is 153 Å². The number of likely N-dealkylation sites (tertiary alicyclic amines) is 4. The lowest BCUT2D eigenvalue weighted by molar-refractivity contribution is -0.274. The minimum absolute atomic E-state index is 0.0193. The van der Waals surface area contributed by atoms with Gasteiger partial charge in [-0.2, -0.15) is 39.5 Å². The van der Waals surface area contributed by atoms with Crippen LogP contribution in [0.1, 0.15) is 95.5 Å². The molecule has 0 aromatic heterocycles. The van der Waals surface area contributed by atoms with Gasteiger partial charge in [-0.15, -0.1) is 13.2 Å². The van der Waals surface area contributed by atoms with Crippen LogP contribution in [0.25, 0.3) is 33.4 Å². The van der Waals surface area contributed by atoms with Gasteiger partial charge in [0.1, 0.15) is 16.4 Å². The fourth-order valence-electron chi connectivity index (χ4n) is 16.0. The van der Waals surface area contributed by atoms with Crippen molar-refractivity contribution in [2.24, 2.45) is 5.92 Å². The highest BCUT2D eigenvalue weighted by Crippen LogP contribution is 2.41. The molecule has 11 aromatic carbocycles. The van der Waals surface area contributed by atoms with Crippen molar-refractivity contribution in [2.75, 3.05) is 58.1 Å². The van der Waals surface area contributed by atoms with Crippen molar-refractivity contribution in [3.63, 3.8) is 0 Å². The van der Waals surface area contributed by atoms with Crippen molar-refractivity contribution in [1.29, 1.82) is 0 Å². The Bertz CT molecular complexity index is 6280. The summed E-state index contributed by atoms with van der Waals surface area (Å²) in [4.78, 5) is 6.53. The summed E-state index contributed by atoms with van der Waals surface area (Å²) in [7, 11) is -16.4. The first-order valence-electron chi connectivity index (χ1n) is 42.7. The Labute approximate surface area is 779 Å². The average Bonchev–Trinajstić information content (AvgIpc) is 0.834. The summed E-state index contributed by atoms with van der Waals surface area (Å²) in [6, 6.07) is 69.0. The van der Waals surface area contributed by atoms with Gasteiger partial charge in [-0.05, 0) is 198 Å². The first kappa shape index (κ1) is 102. The van der Waals surface area contributed by atoms with E-state index in [0.717, 1.165) is 131 Å². The molecule has 0 radical (unpaired) electrons. The molecule has 4 aliphatic heterocycles. The van der Waals surface area contributed by atoms with Crippen molar-refractivity contribution in [3.05, 3.63) is 321 Å². The number of halogens is 16. The van der Waals surface area contributed by atoms with E-state index in [9.17, 15) is 95.1 Å². The van der Waals surface area contributed by atoms with Gasteiger partial charge in [-0.25, -0.2) is 56.6 Å². The zero-order valence-corrected chi connectivity index (χ0v) is 77.0. The Kier molecular flexibility index (Phi) is 32.5. The molecule has 0 spiro atoms. The summed E-state index contributed by atoms with van der Waals surface area (Å²) in [5.74, 6) is -2.85. The van der Waals surface area contributed by atoms with Crippen LogP contribution >= 0.6 is 23.2 Å². The molecule has 5 aliphatic rings. The summed E-state index contributed by atoms with van der Waals surface area (Å²) in [5.41, 5.74) is 7.49. The first-order chi connectivity index (χ1) is 63.1. The zero-order valence-electron chi connectivity index (χ0n) is 72.2. The lowest BCUT2D eigenvalue weighted by Crippen LogP contribution is -2.37. The first-order valence-corrected chi connectivity index (χ1v) is 49.5. The van der Waals surface area contributed by atoms with E-state index >= 15 is 0 Å². The quantitative estimate of drug-likeness (QED) is 0.0410. The molecule has 5 fully saturated rings. The van der Waals surface area contributed by atoms with Gasteiger partial charge in [-0.1, -0.05) is 199 Å². The minimum Gasteiger partial charge on any atom is -0.490 e. The highest BCUT2D eigenvalue weighted by Gasteiger charge is 2.41.